The Bertz CT molecular complexity index is 949. The molecule has 3 heterocycles. The maximum atomic E-state index is 5.72. The van der Waals surface area contributed by atoms with Gasteiger partial charge in [0.05, 0.1) is 6.61 Å². The van der Waals surface area contributed by atoms with Crippen molar-refractivity contribution >= 4 is 22.7 Å². The second-order valence-electron chi connectivity index (χ2n) is 4.75. The van der Waals surface area contributed by atoms with E-state index in [9.17, 15) is 0 Å². The van der Waals surface area contributed by atoms with E-state index in [1.165, 1.54) is 18.1 Å². The van der Waals surface area contributed by atoms with Crippen molar-refractivity contribution in [1.82, 2.24) is 20.2 Å². The Hall–Kier alpha value is -2.87. The Morgan fingerprint density at radius 2 is 2.00 bits per heavy atom. The highest BCUT2D eigenvalue weighted by atomic mass is 32.2. The molecule has 4 aromatic rings. The van der Waals surface area contributed by atoms with Gasteiger partial charge in [0.1, 0.15) is 16.9 Å². The topological polar surface area (TPSA) is 87.1 Å². The fourth-order valence-corrected chi connectivity index (χ4v) is 2.77. The van der Waals surface area contributed by atoms with Crippen LogP contribution in [-0.4, -0.2) is 26.8 Å². The van der Waals surface area contributed by atoms with Gasteiger partial charge in [-0.1, -0.05) is 18.2 Å². The van der Waals surface area contributed by atoms with Gasteiger partial charge in [-0.05, 0) is 30.8 Å². The summed E-state index contributed by atoms with van der Waals surface area (Å²) >= 11 is 1.24. The number of benzene rings is 1. The number of fused-ring (bicyclic) bond motifs is 1. The van der Waals surface area contributed by atoms with Crippen molar-refractivity contribution in [2.45, 2.75) is 17.2 Å². The van der Waals surface area contributed by atoms with Crippen LogP contribution in [0.1, 0.15) is 6.92 Å². The van der Waals surface area contributed by atoms with Crippen LogP contribution in [0.25, 0.3) is 22.6 Å². The summed E-state index contributed by atoms with van der Waals surface area (Å²) in [5.41, 5.74) is 0.775. The molecule has 0 unspecified atom stereocenters. The lowest BCUT2D eigenvalue weighted by Gasteiger charge is -2.01. The summed E-state index contributed by atoms with van der Waals surface area (Å²) in [7, 11) is 0. The van der Waals surface area contributed by atoms with E-state index in [0.717, 1.165) is 11.0 Å². The number of hydrogen-bond donors (Lipinski definition) is 0. The molecule has 8 heteroatoms. The van der Waals surface area contributed by atoms with E-state index in [1.807, 2.05) is 37.3 Å². The molecule has 0 aliphatic carbocycles. The van der Waals surface area contributed by atoms with Gasteiger partial charge in [-0.25, -0.2) is 9.97 Å². The summed E-state index contributed by atoms with van der Waals surface area (Å²) in [4.78, 5) is 8.17. The molecule has 0 bridgehead atoms. The standard InChI is InChI=1S/C16H12N4O3S/c1-2-21-13-8-14(18-9-17-13)24-16-20-19-15(23-16)12-7-10-5-3-4-6-11(10)22-12/h3-9H,2H2,1H3. The molecule has 24 heavy (non-hydrogen) atoms. The fourth-order valence-electron chi connectivity index (χ4n) is 2.13. The second kappa shape index (κ2) is 6.32. The first-order chi connectivity index (χ1) is 11.8. The smallest absolute Gasteiger partial charge is 0.284 e. The minimum atomic E-state index is 0.327. The predicted octanol–water partition coefficient (Wildman–Crippen LogP) is 3.82. The van der Waals surface area contributed by atoms with Crippen LogP contribution in [0.4, 0.5) is 0 Å². The minimum absolute atomic E-state index is 0.327. The first-order valence-corrected chi connectivity index (χ1v) is 8.08. The number of hydrogen-bond acceptors (Lipinski definition) is 8. The van der Waals surface area contributed by atoms with Crippen molar-refractivity contribution in [3.05, 3.63) is 42.7 Å². The largest absolute Gasteiger partial charge is 0.478 e. The number of para-hydroxylation sites is 1. The average molecular weight is 340 g/mol. The van der Waals surface area contributed by atoms with E-state index in [2.05, 4.69) is 20.2 Å². The number of aromatic nitrogens is 4. The van der Waals surface area contributed by atoms with Crippen LogP contribution in [0.2, 0.25) is 0 Å². The average Bonchev–Trinajstić information content (AvgIpc) is 3.21. The summed E-state index contributed by atoms with van der Waals surface area (Å²) < 4.78 is 16.7. The quantitative estimate of drug-likeness (QED) is 0.507. The Labute approximate surface area is 141 Å². The van der Waals surface area contributed by atoms with Crippen LogP contribution >= 0.6 is 11.8 Å². The van der Waals surface area contributed by atoms with Crippen molar-refractivity contribution in [3.8, 4) is 17.5 Å². The number of rotatable bonds is 5. The van der Waals surface area contributed by atoms with E-state index in [-0.39, 0.29) is 0 Å². The van der Waals surface area contributed by atoms with Crippen molar-refractivity contribution < 1.29 is 13.6 Å². The lowest BCUT2D eigenvalue weighted by Crippen LogP contribution is -1.95. The van der Waals surface area contributed by atoms with Crippen molar-refractivity contribution in [2.24, 2.45) is 0 Å². The molecule has 0 saturated carbocycles. The zero-order valence-corrected chi connectivity index (χ0v) is 13.5. The van der Waals surface area contributed by atoms with Crippen molar-refractivity contribution in [1.29, 1.82) is 0 Å². The third kappa shape index (κ3) is 2.95. The summed E-state index contributed by atoms with van der Waals surface area (Å²) in [6.45, 7) is 2.43. The third-order valence-electron chi connectivity index (χ3n) is 3.14. The zero-order valence-electron chi connectivity index (χ0n) is 12.7. The van der Waals surface area contributed by atoms with Gasteiger partial charge in [-0.3, -0.25) is 0 Å². The van der Waals surface area contributed by atoms with Crippen LogP contribution in [0.15, 0.2) is 61.8 Å². The van der Waals surface area contributed by atoms with Gasteiger partial charge in [0.2, 0.25) is 5.88 Å². The summed E-state index contributed by atoms with van der Waals surface area (Å²) in [5, 5.41) is 10.1. The Balaban J connectivity index is 1.57. The molecule has 3 aromatic heterocycles. The predicted molar refractivity (Wildman–Crippen MR) is 86.8 cm³/mol. The molecule has 0 saturated heterocycles. The van der Waals surface area contributed by atoms with Crippen molar-refractivity contribution in [3.63, 3.8) is 0 Å². The molecular formula is C16H12N4O3S. The molecule has 0 radical (unpaired) electrons. The molecule has 0 N–H and O–H groups in total. The van der Waals surface area contributed by atoms with Crippen LogP contribution in [0, 0.1) is 0 Å². The van der Waals surface area contributed by atoms with Crippen LogP contribution < -0.4 is 4.74 Å². The number of furan rings is 1. The third-order valence-corrected chi connectivity index (χ3v) is 3.92. The van der Waals surface area contributed by atoms with E-state index in [0.29, 0.717) is 34.4 Å². The van der Waals surface area contributed by atoms with Gasteiger partial charge in [0, 0.05) is 11.5 Å². The van der Waals surface area contributed by atoms with E-state index >= 15 is 0 Å². The highest BCUT2D eigenvalue weighted by molar-refractivity contribution is 7.99. The lowest BCUT2D eigenvalue weighted by molar-refractivity contribution is 0.324. The Morgan fingerprint density at radius 1 is 1.08 bits per heavy atom. The molecule has 0 fully saturated rings. The summed E-state index contributed by atoms with van der Waals surface area (Å²) in [5.74, 6) is 1.37. The van der Waals surface area contributed by atoms with Gasteiger partial charge in [-0.2, -0.15) is 0 Å². The highest BCUT2D eigenvalue weighted by Crippen LogP contribution is 2.31. The first-order valence-electron chi connectivity index (χ1n) is 7.27. The molecule has 0 spiro atoms. The van der Waals surface area contributed by atoms with Gasteiger partial charge >= 0.3 is 0 Å². The van der Waals surface area contributed by atoms with Gasteiger partial charge in [0.25, 0.3) is 11.1 Å². The Kier molecular flexibility index (Phi) is 3.87. The van der Waals surface area contributed by atoms with Crippen molar-refractivity contribution in [2.75, 3.05) is 6.61 Å². The lowest BCUT2D eigenvalue weighted by atomic mass is 10.2. The molecule has 4 rings (SSSR count). The molecule has 0 atom stereocenters. The van der Waals surface area contributed by atoms with Gasteiger partial charge < -0.3 is 13.6 Å². The molecule has 1 aromatic carbocycles. The second-order valence-corrected chi connectivity index (χ2v) is 5.72. The van der Waals surface area contributed by atoms with Crippen LogP contribution in [0.5, 0.6) is 5.88 Å². The van der Waals surface area contributed by atoms with Gasteiger partial charge in [-0.15, -0.1) is 10.2 Å². The highest BCUT2D eigenvalue weighted by Gasteiger charge is 2.15. The van der Waals surface area contributed by atoms with Gasteiger partial charge in [0.15, 0.2) is 5.76 Å². The number of nitrogens with zero attached hydrogens (tertiary/aromatic N) is 4. The molecule has 7 nitrogen and oxygen atoms in total. The number of ether oxygens (including phenoxy) is 1. The van der Waals surface area contributed by atoms with E-state index in [4.69, 9.17) is 13.6 Å². The van der Waals surface area contributed by atoms with Crippen LogP contribution in [0.3, 0.4) is 0 Å². The van der Waals surface area contributed by atoms with E-state index in [1.54, 1.807) is 6.07 Å². The normalized spacial score (nSPS) is 11.0. The molecule has 0 aliphatic heterocycles. The molecule has 0 amide bonds. The van der Waals surface area contributed by atoms with Crippen LogP contribution in [-0.2, 0) is 0 Å². The maximum absolute atomic E-state index is 5.72. The SMILES string of the molecule is CCOc1cc(Sc2nnc(-c3cc4ccccc4o3)o2)ncn1. The Morgan fingerprint density at radius 3 is 2.88 bits per heavy atom. The fraction of sp³-hybridized carbons (Fsp3) is 0.125. The molecule has 0 aliphatic rings. The summed E-state index contributed by atoms with van der Waals surface area (Å²) in [6, 6.07) is 11.3. The first kappa shape index (κ1) is 14.7. The maximum Gasteiger partial charge on any atom is 0.284 e. The monoisotopic (exact) mass is 340 g/mol. The molecule has 120 valence electrons. The summed E-state index contributed by atoms with van der Waals surface area (Å²) in [6.07, 6.45) is 1.43. The zero-order chi connectivity index (χ0) is 16.4. The molecular weight excluding hydrogens is 328 g/mol. The minimum Gasteiger partial charge on any atom is -0.478 e. The van der Waals surface area contributed by atoms with E-state index < -0.39 is 0 Å².